The maximum Gasteiger partial charge on any atom is 0.317 e. The van der Waals surface area contributed by atoms with Gasteiger partial charge in [-0.1, -0.05) is 19.4 Å². The van der Waals surface area contributed by atoms with Crippen molar-refractivity contribution in [2.75, 3.05) is 19.7 Å². The van der Waals surface area contributed by atoms with E-state index in [-0.39, 0.29) is 12.1 Å². The predicted octanol–water partition coefficient (Wildman–Crippen LogP) is 2.24. The number of rotatable bonds is 5. The Bertz CT molecular complexity index is 626. The number of H-pyrrole nitrogens is 1. The average Bonchev–Trinajstić information content (AvgIpc) is 3.24. The summed E-state index contributed by atoms with van der Waals surface area (Å²) in [6.07, 6.45) is 2.19. The first-order chi connectivity index (χ1) is 11.3. The van der Waals surface area contributed by atoms with Crippen molar-refractivity contribution < 1.29 is 9.53 Å². The lowest BCUT2D eigenvalue weighted by molar-refractivity contribution is -0.0181. The molecule has 7 nitrogen and oxygen atoms in total. The van der Waals surface area contributed by atoms with Crippen molar-refractivity contribution in [3.63, 3.8) is 0 Å². The second-order valence-corrected chi connectivity index (χ2v) is 6.42. The molecule has 0 spiro atoms. The van der Waals surface area contributed by atoms with Gasteiger partial charge in [0, 0.05) is 13.1 Å². The van der Waals surface area contributed by atoms with E-state index in [1.54, 1.807) is 16.2 Å². The maximum absolute atomic E-state index is 12.3. The van der Waals surface area contributed by atoms with Gasteiger partial charge in [0.15, 0.2) is 5.82 Å². The molecule has 124 valence electrons. The number of ether oxygens (including phenoxy) is 1. The van der Waals surface area contributed by atoms with Crippen LogP contribution in [0.1, 0.15) is 25.6 Å². The molecule has 0 unspecified atom stereocenters. The molecule has 0 bridgehead atoms. The zero-order valence-electron chi connectivity index (χ0n) is 13.1. The topological polar surface area (TPSA) is 83.1 Å². The van der Waals surface area contributed by atoms with Crippen molar-refractivity contribution in [1.82, 2.24) is 25.4 Å². The second-order valence-electron chi connectivity index (χ2n) is 5.47. The van der Waals surface area contributed by atoms with Crippen LogP contribution in [0.4, 0.5) is 4.79 Å². The molecule has 1 atom stereocenters. The van der Waals surface area contributed by atoms with Crippen LogP contribution < -0.4 is 5.32 Å². The molecule has 3 rings (SSSR count). The minimum atomic E-state index is -0.0801. The summed E-state index contributed by atoms with van der Waals surface area (Å²) in [6, 6.07) is 3.85. The van der Waals surface area contributed by atoms with Crippen molar-refractivity contribution in [2.45, 2.75) is 32.4 Å². The van der Waals surface area contributed by atoms with Gasteiger partial charge in [0.1, 0.15) is 5.82 Å². The Morgan fingerprint density at radius 1 is 1.61 bits per heavy atom. The number of hydrogen-bond acceptors (Lipinski definition) is 5. The van der Waals surface area contributed by atoms with Crippen LogP contribution in [-0.4, -0.2) is 51.9 Å². The summed E-state index contributed by atoms with van der Waals surface area (Å²) in [7, 11) is 0. The number of thiophene rings is 1. The fourth-order valence-electron chi connectivity index (χ4n) is 2.56. The summed E-state index contributed by atoms with van der Waals surface area (Å²) < 4.78 is 5.66. The Balaban J connectivity index is 1.51. The number of carbonyl (C=O) groups is 1. The molecule has 0 radical (unpaired) electrons. The van der Waals surface area contributed by atoms with Crippen LogP contribution in [0.5, 0.6) is 0 Å². The normalized spacial score (nSPS) is 18.1. The molecule has 8 heteroatoms. The first-order valence-corrected chi connectivity index (χ1v) is 8.73. The number of aromatic amines is 1. The van der Waals surface area contributed by atoms with Crippen molar-refractivity contribution in [3.05, 3.63) is 23.3 Å². The number of aromatic nitrogens is 3. The van der Waals surface area contributed by atoms with E-state index in [0.717, 1.165) is 17.7 Å². The molecule has 2 amide bonds. The lowest BCUT2D eigenvalue weighted by Gasteiger charge is -2.32. The molecule has 2 aromatic heterocycles. The van der Waals surface area contributed by atoms with E-state index < -0.39 is 0 Å². The molecule has 0 aliphatic carbocycles. The largest absolute Gasteiger partial charge is 0.375 e. The molecule has 0 aromatic carbocycles. The van der Waals surface area contributed by atoms with Gasteiger partial charge in [-0.25, -0.2) is 9.78 Å². The third-order valence-electron chi connectivity index (χ3n) is 3.72. The summed E-state index contributed by atoms with van der Waals surface area (Å²) in [5.41, 5.74) is 0. The molecular formula is C15H21N5O2S. The highest BCUT2D eigenvalue weighted by Crippen LogP contribution is 2.20. The highest BCUT2D eigenvalue weighted by molar-refractivity contribution is 7.13. The quantitative estimate of drug-likeness (QED) is 0.878. The van der Waals surface area contributed by atoms with Gasteiger partial charge in [-0.3, -0.25) is 5.10 Å². The molecule has 2 aromatic rings. The van der Waals surface area contributed by atoms with Crippen LogP contribution in [0.3, 0.4) is 0 Å². The molecule has 1 aliphatic rings. The molecule has 1 fully saturated rings. The zero-order chi connectivity index (χ0) is 16.1. The predicted molar refractivity (Wildman–Crippen MR) is 88.2 cm³/mol. The highest BCUT2D eigenvalue weighted by atomic mass is 32.1. The lowest BCUT2D eigenvalue weighted by Crippen LogP contribution is -2.49. The van der Waals surface area contributed by atoms with Crippen molar-refractivity contribution in [3.8, 4) is 10.7 Å². The number of morpholine rings is 1. The average molecular weight is 335 g/mol. The number of amides is 2. The van der Waals surface area contributed by atoms with Gasteiger partial charge in [-0.15, -0.1) is 11.3 Å². The summed E-state index contributed by atoms with van der Waals surface area (Å²) in [4.78, 5) is 19.5. The van der Waals surface area contributed by atoms with Gasteiger partial charge in [-0.2, -0.15) is 5.10 Å². The molecule has 2 N–H and O–H groups in total. The minimum Gasteiger partial charge on any atom is -0.375 e. The van der Waals surface area contributed by atoms with E-state index in [2.05, 4.69) is 27.4 Å². The highest BCUT2D eigenvalue weighted by Gasteiger charge is 2.23. The standard InChI is InChI=1S/C15H21N5O2S/c1-2-4-11-10-20(6-7-22-11)15(21)16-9-13-17-14(19-18-13)12-5-3-8-23-12/h3,5,8,11H,2,4,6-7,9-10H2,1H3,(H,16,21)(H,17,18,19)/t11-/m0/s1. The Hall–Kier alpha value is -1.93. The summed E-state index contributed by atoms with van der Waals surface area (Å²) in [5, 5.41) is 11.9. The number of urea groups is 1. The van der Waals surface area contributed by atoms with Gasteiger partial charge >= 0.3 is 6.03 Å². The van der Waals surface area contributed by atoms with Crippen LogP contribution in [-0.2, 0) is 11.3 Å². The van der Waals surface area contributed by atoms with Crippen LogP contribution >= 0.6 is 11.3 Å². The van der Waals surface area contributed by atoms with Crippen LogP contribution in [0.15, 0.2) is 17.5 Å². The fraction of sp³-hybridized carbons (Fsp3) is 0.533. The summed E-state index contributed by atoms with van der Waals surface area (Å²) in [5.74, 6) is 1.32. The first-order valence-electron chi connectivity index (χ1n) is 7.85. The summed E-state index contributed by atoms with van der Waals surface area (Å²) in [6.45, 7) is 4.34. The van der Waals surface area contributed by atoms with Crippen LogP contribution in [0, 0.1) is 0 Å². The van der Waals surface area contributed by atoms with Crippen molar-refractivity contribution in [1.29, 1.82) is 0 Å². The van der Waals surface area contributed by atoms with Gasteiger partial charge < -0.3 is 15.0 Å². The zero-order valence-corrected chi connectivity index (χ0v) is 13.9. The van der Waals surface area contributed by atoms with Gasteiger partial charge in [0.25, 0.3) is 0 Å². The SMILES string of the molecule is CCC[C@H]1CN(C(=O)NCc2nc(-c3cccs3)n[nH]2)CCO1. The summed E-state index contributed by atoms with van der Waals surface area (Å²) >= 11 is 1.59. The van der Waals surface area contributed by atoms with Gasteiger partial charge in [-0.05, 0) is 17.9 Å². The molecule has 3 heterocycles. The van der Waals surface area contributed by atoms with E-state index in [1.807, 2.05) is 17.5 Å². The molecule has 0 saturated carbocycles. The molecule has 1 aliphatic heterocycles. The van der Waals surface area contributed by atoms with E-state index in [1.165, 1.54) is 0 Å². The minimum absolute atomic E-state index is 0.0801. The maximum atomic E-state index is 12.3. The third kappa shape index (κ3) is 4.08. The van der Waals surface area contributed by atoms with Crippen LogP contribution in [0.2, 0.25) is 0 Å². The Morgan fingerprint density at radius 2 is 2.52 bits per heavy atom. The van der Waals surface area contributed by atoms with E-state index in [9.17, 15) is 4.79 Å². The number of hydrogen-bond donors (Lipinski definition) is 2. The van der Waals surface area contributed by atoms with Crippen LogP contribution in [0.25, 0.3) is 10.7 Å². The number of nitrogens with zero attached hydrogens (tertiary/aromatic N) is 3. The van der Waals surface area contributed by atoms with E-state index in [0.29, 0.717) is 37.9 Å². The van der Waals surface area contributed by atoms with Crippen molar-refractivity contribution in [2.24, 2.45) is 0 Å². The van der Waals surface area contributed by atoms with E-state index in [4.69, 9.17) is 4.74 Å². The van der Waals surface area contributed by atoms with Gasteiger partial charge in [0.05, 0.1) is 24.1 Å². The fourth-order valence-corrected chi connectivity index (χ4v) is 3.22. The number of nitrogens with one attached hydrogen (secondary N) is 2. The monoisotopic (exact) mass is 335 g/mol. The molecular weight excluding hydrogens is 314 g/mol. The third-order valence-corrected chi connectivity index (χ3v) is 4.58. The second kappa shape index (κ2) is 7.56. The molecule has 1 saturated heterocycles. The van der Waals surface area contributed by atoms with E-state index >= 15 is 0 Å². The van der Waals surface area contributed by atoms with Crippen molar-refractivity contribution >= 4 is 17.4 Å². The number of carbonyl (C=O) groups excluding carboxylic acids is 1. The first kappa shape index (κ1) is 15.9. The Labute approximate surface area is 139 Å². The Kier molecular flexibility index (Phi) is 5.24. The molecule has 23 heavy (non-hydrogen) atoms. The Morgan fingerprint density at radius 3 is 3.30 bits per heavy atom. The lowest BCUT2D eigenvalue weighted by atomic mass is 10.2. The van der Waals surface area contributed by atoms with Gasteiger partial charge in [0.2, 0.25) is 0 Å². The smallest absolute Gasteiger partial charge is 0.317 e.